The Hall–Kier alpha value is -2.48. The summed E-state index contributed by atoms with van der Waals surface area (Å²) in [5, 5.41) is 2.65. The maximum absolute atomic E-state index is 3.34. The first-order chi connectivity index (χ1) is 10.4. The lowest BCUT2D eigenvalue weighted by Crippen LogP contribution is -1.89. The first-order valence-corrected chi connectivity index (χ1v) is 7.33. The zero-order valence-corrected chi connectivity index (χ0v) is 11.8. The van der Waals surface area contributed by atoms with Gasteiger partial charge >= 0.3 is 0 Å². The third-order valence-electron chi connectivity index (χ3n) is 4.08. The molecule has 1 radical (unpaired) electrons. The van der Waals surface area contributed by atoms with Gasteiger partial charge in [0.2, 0.25) is 0 Å². The fourth-order valence-corrected chi connectivity index (χ4v) is 2.98. The second-order valence-corrected chi connectivity index (χ2v) is 5.42. The van der Waals surface area contributed by atoms with Gasteiger partial charge in [-0.05, 0) is 42.5 Å². The number of benzene rings is 2. The van der Waals surface area contributed by atoms with E-state index in [1.165, 1.54) is 32.9 Å². The molecule has 0 aliphatic rings. The quantitative estimate of drug-likeness (QED) is 0.543. The minimum atomic E-state index is 0.990. The summed E-state index contributed by atoms with van der Waals surface area (Å²) in [5.74, 6) is 0. The fraction of sp³-hybridized carbons (Fsp3) is 0.105. The van der Waals surface area contributed by atoms with Crippen LogP contribution < -0.4 is 0 Å². The van der Waals surface area contributed by atoms with E-state index >= 15 is 0 Å². The summed E-state index contributed by atoms with van der Waals surface area (Å²) in [6, 6.07) is 16.9. The topological polar surface area (TPSA) is 31.6 Å². The Morgan fingerprint density at radius 2 is 1.14 bits per heavy atom. The SMILES string of the molecule is [CH](Cc1c[nH]c2ccccc12)Cc1c[nH]c2ccccc12. The van der Waals surface area contributed by atoms with Crippen molar-refractivity contribution in [3.63, 3.8) is 0 Å². The predicted molar refractivity (Wildman–Crippen MR) is 88.3 cm³/mol. The summed E-state index contributed by atoms with van der Waals surface area (Å²) in [6.45, 7) is 0. The minimum absolute atomic E-state index is 0.990. The molecule has 2 aromatic heterocycles. The van der Waals surface area contributed by atoms with Crippen LogP contribution in [0, 0.1) is 6.42 Å². The Morgan fingerprint density at radius 3 is 1.67 bits per heavy atom. The first kappa shape index (κ1) is 12.3. The monoisotopic (exact) mass is 273 g/mol. The van der Waals surface area contributed by atoms with Crippen molar-refractivity contribution in [3.8, 4) is 0 Å². The molecule has 0 amide bonds. The number of fused-ring (bicyclic) bond motifs is 2. The molecule has 2 nitrogen and oxygen atoms in total. The van der Waals surface area contributed by atoms with Gasteiger partial charge in [-0.25, -0.2) is 0 Å². The van der Waals surface area contributed by atoms with Crippen molar-refractivity contribution in [2.45, 2.75) is 12.8 Å². The number of nitrogens with one attached hydrogen (secondary N) is 2. The number of aromatic amines is 2. The molecule has 2 aromatic carbocycles. The molecule has 2 heteroatoms. The summed E-state index contributed by atoms with van der Waals surface area (Å²) in [5.41, 5.74) is 5.16. The van der Waals surface area contributed by atoms with E-state index in [-0.39, 0.29) is 0 Å². The summed E-state index contributed by atoms with van der Waals surface area (Å²) in [7, 11) is 0. The van der Waals surface area contributed by atoms with Crippen LogP contribution in [-0.2, 0) is 12.8 Å². The Kier molecular flexibility index (Phi) is 3.00. The summed E-state index contributed by atoms with van der Waals surface area (Å²) < 4.78 is 0. The minimum Gasteiger partial charge on any atom is -0.361 e. The van der Waals surface area contributed by atoms with Gasteiger partial charge in [0.25, 0.3) is 0 Å². The third kappa shape index (κ3) is 2.23. The summed E-state index contributed by atoms with van der Waals surface area (Å²) in [6.07, 6.45) is 8.57. The molecule has 0 bridgehead atoms. The zero-order chi connectivity index (χ0) is 14.1. The zero-order valence-electron chi connectivity index (χ0n) is 11.8. The van der Waals surface area contributed by atoms with Crippen LogP contribution in [0.1, 0.15) is 11.1 Å². The van der Waals surface area contributed by atoms with Crippen molar-refractivity contribution in [1.82, 2.24) is 9.97 Å². The van der Waals surface area contributed by atoms with E-state index in [0.29, 0.717) is 0 Å². The number of hydrogen-bond donors (Lipinski definition) is 2. The molecule has 0 spiro atoms. The van der Waals surface area contributed by atoms with Gasteiger partial charge in [0.15, 0.2) is 0 Å². The maximum Gasteiger partial charge on any atom is 0.0456 e. The molecule has 0 fully saturated rings. The normalized spacial score (nSPS) is 11.4. The standard InChI is InChI=1S/C19H17N2/c1-3-10-18-16(8-1)14(12-20-18)6-5-7-15-13-21-19-11-4-2-9-17(15)19/h1-5,8-13,20-21H,6-7H2. The van der Waals surface area contributed by atoms with E-state index in [1.54, 1.807) is 0 Å². The van der Waals surface area contributed by atoms with Crippen LogP contribution >= 0.6 is 0 Å². The van der Waals surface area contributed by atoms with Crippen LogP contribution in [0.3, 0.4) is 0 Å². The molecule has 4 aromatic rings. The molecule has 0 atom stereocenters. The average molecular weight is 273 g/mol. The van der Waals surface area contributed by atoms with E-state index in [1.807, 2.05) is 0 Å². The van der Waals surface area contributed by atoms with Crippen molar-refractivity contribution in [2.75, 3.05) is 0 Å². The lowest BCUT2D eigenvalue weighted by atomic mass is 10.0. The molecule has 4 rings (SSSR count). The smallest absolute Gasteiger partial charge is 0.0456 e. The van der Waals surface area contributed by atoms with Crippen molar-refractivity contribution in [1.29, 1.82) is 0 Å². The van der Waals surface area contributed by atoms with E-state index in [2.05, 4.69) is 77.3 Å². The van der Waals surface area contributed by atoms with E-state index in [0.717, 1.165) is 12.8 Å². The van der Waals surface area contributed by atoms with Crippen LogP contribution in [0.25, 0.3) is 21.8 Å². The molecule has 103 valence electrons. The van der Waals surface area contributed by atoms with Crippen LogP contribution in [0.2, 0.25) is 0 Å². The molecule has 0 aliphatic carbocycles. The highest BCUT2D eigenvalue weighted by Crippen LogP contribution is 2.22. The van der Waals surface area contributed by atoms with Gasteiger partial charge in [-0.1, -0.05) is 36.4 Å². The van der Waals surface area contributed by atoms with Gasteiger partial charge in [0.05, 0.1) is 0 Å². The molecule has 21 heavy (non-hydrogen) atoms. The van der Waals surface area contributed by atoms with Crippen LogP contribution in [0.4, 0.5) is 0 Å². The number of hydrogen-bond acceptors (Lipinski definition) is 0. The molecule has 0 unspecified atom stereocenters. The van der Waals surface area contributed by atoms with Gasteiger partial charge in [-0.2, -0.15) is 0 Å². The van der Waals surface area contributed by atoms with Gasteiger partial charge in [0.1, 0.15) is 0 Å². The molecule has 0 aliphatic heterocycles. The molecule has 0 saturated heterocycles. The number of H-pyrrole nitrogens is 2. The maximum atomic E-state index is 3.34. The van der Waals surface area contributed by atoms with E-state index < -0.39 is 0 Å². The van der Waals surface area contributed by atoms with Gasteiger partial charge in [-0.3, -0.25) is 0 Å². The van der Waals surface area contributed by atoms with Crippen molar-refractivity contribution >= 4 is 21.8 Å². The fourth-order valence-electron chi connectivity index (χ4n) is 2.98. The highest BCUT2D eigenvalue weighted by molar-refractivity contribution is 5.84. The molecule has 2 N–H and O–H groups in total. The Bertz CT molecular complexity index is 809. The lowest BCUT2D eigenvalue weighted by molar-refractivity contribution is 1.04. The predicted octanol–water partition coefficient (Wildman–Crippen LogP) is 4.64. The van der Waals surface area contributed by atoms with Gasteiger partial charge < -0.3 is 9.97 Å². The van der Waals surface area contributed by atoms with Crippen molar-refractivity contribution in [3.05, 3.63) is 78.5 Å². The second-order valence-electron chi connectivity index (χ2n) is 5.42. The average Bonchev–Trinajstić information content (AvgIpc) is 3.13. The second kappa shape index (κ2) is 5.13. The first-order valence-electron chi connectivity index (χ1n) is 7.33. The molecule has 2 heterocycles. The Morgan fingerprint density at radius 1 is 0.667 bits per heavy atom. The van der Waals surface area contributed by atoms with Gasteiger partial charge in [0, 0.05) is 34.2 Å². The molecule has 0 saturated carbocycles. The van der Waals surface area contributed by atoms with Crippen molar-refractivity contribution < 1.29 is 0 Å². The number of para-hydroxylation sites is 2. The lowest BCUT2D eigenvalue weighted by Gasteiger charge is -2.00. The Balaban J connectivity index is 1.50. The molecular formula is C19H17N2. The van der Waals surface area contributed by atoms with Crippen LogP contribution in [0.15, 0.2) is 60.9 Å². The van der Waals surface area contributed by atoms with E-state index in [4.69, 9.17) is 0 Å². The van der Waals surface area contributed by atoms with Crippen molar-refractivity contribution in [2.24, 2.45) is 0 Å². The van der Waals surface area contributed by atoms with Crippen LogP contribution in [-0.4, -0.2) is 9.97 Å². The van der Waals surface area contributed by atoms with Gasteiger partial charge in [-0.15, -0.1) is 0 Å². The largest absolute Gasteiger partial charge is 0.361 e. The Labute approximate surface area is 123 Å². The van der Waals surface area contributed by atoms with Crippen LogP contribution in [0.5, 0.6) is 0 Å². The third-order valence-corrected chi connectivity index (χ3v) is 4.08. The number of aromatic nitrogens is 2. The summed E-state index contributed by atoms with van der Waals surface area (Å²) >= 11 is 0. The summed E-state index contributed by atoms with van der Waals surface area (Å²) in [4.78, 5) is 6.67. The molecular weight excluding hydrogens is 256 g/mol. The highest BCUT2D eigenvalue weighted by Gasteiger charge is 2.05. The number of rotatable bonds is 4. The van der Waals surface area contributed by atoms with E-state index in [9.17, 15) is 0 Å². The highest BCUT2D eigenvalue weighted by atomic mass is 14.7.